The van der Waals surface area contributed by atoms with Crippen LogP contribution >= 0.6 is 38.9 Å². The van der Waals surface area contributed by atoms with Crippen LogP contribution in [0.5, 0.6) is 0 Å². The fourth-order valence-electron chi connectivity index (χ4n) is 2.48. The van der Waals surface area contributed by atoms with Crippen LogP contribution in [0.4, 0.5) is 16.4 Å². The van der Waals surface area contributed by atoms with Gasteiger partial charge in [0.25, 0.3) is 5.91 Å². The number of rotatable bonds is 5. The molecule has 1 amide bonds. The molecule has 0 bridgehead atoms. The summed E-state index contributed by atoms with van der Waals surface area (Å²) in [5.74, 6) is -0.984. The molecule has 138 valence electrons. The zero-order valence-electron chi connectivity index (χ0n) is 14.2. The number of thiophene rings is 1. The maximum Gasteiger partial charge on any atom is 0.253 e. The first-order chi connectivity index (χ1) is 12.8. The minimum absolute atomic E-state index is 0.0705. The maximum atomic E-state index is 12.8. The second kappa shape index (κ2) is 7.72. The number of nitrogen functional groups attached to an aromatic ring is 1. The van der Waals surface area contributed by atoms with Gasteiger partial charge in [-0.15, -0.1) is 11.3 Å². The lowest BCUT2D eigenvalue weighted by Gasteiger charge is -2.07. The average molecular weight is 465 g/mol. The van der Waals surface area contributed by atoms with E-state index in [1.165, 1.54) is 0 Å². The number of aryl methyl sites for hydroxylation is 1. The van der Waals surface area contributed by atoms with Crippen molar-refractivity contribution >= 4 is 66.9 Å². The van der Waals surface area contributed by atoms with Crippen molar-refractivity contribution in [2.75, 3.05) is 11.1 Å². The second-order valence-electron chi connectivity index (χ2n) is 5.84. The Hall–Kier alpha value is -2.35. The zero-order chi connectivity index (χ0) is 19.7. The highest BCUT2D eigenvalue weighted by Gasteiger charge is 2.25. The molecule has 0 spiro atoms. The molecule has 8 heteroatoms. The van der Waals surface area contributed by atoms with Gasteiger partial charge in [0.05, 0.1) is 11.3 Å². The molecule has 0 saturated heterocycles. The lowest BCUT2D eigenvalue weighted by molar-refractivity contribution is 0.100. The predicted molar refractivity (Wildman–Crippen MR) is 114 cm³/mol. The van der Waals surface area contributed by atoms with Crippen molar-refractivity contribution in [3.63, 3.8) is 0 Å². The van der Waals surface area contributed by atoms with Gasteiger partial charge in [0.2, 0.25) is 5.78 Å². The van der Waals surface area contributed by atoms with Gasteiger partial charge in [0.15, 0.2) is 0 Å². The van der Waals surface area contributed by atoms with Crippen LogP contribution in [-0.2, 0) is 0 Å². The lowest BCUT2D eigenvalue weighted by Crippen LogP contribution is -2.14. The van der Waals surface area contributed by atoms with Crippen LogP contribution < -0.4 is 16.8 Å². The van der Waals surface area contributed by atoms with Crippen molar-refractivity contribution in [3.05, 3.63) is 73.5 Å². The molecule has 3 rings (SSSR count). The Morgan fingerprint density at radius 1 is 1.15 bits per heavy atom. The van der Waals surface area contributed by atoms with Gasteiger partial charge in [0, 0.05) is 20.7 Å². The fourth-order valence-corrected chi connectivity index (χ4v) is 4.03. The van der Waals surface area contributed by atoms with E-state index < -0.39 is 5.91 Å². The highest BCUT2D eigenvalue weighted by Crippen LogP contribution is 2.39. The van der Waals surface area contributed by atoms with Crippen molar-refractivity contribution < 1.29 is 9.59 Å². The van der Waals surface area contributed by atoms with Crippen LogP contribution in [0.1, 0.15) is 31.2 Å². The van der Waals surface area contributed by atoms with Crippen LogP contribution in [0.2, 0.25) is 5.02 Å². The van der Waals surface area contributed by atoms with Gasteiger partial charge in [-0.2, -0.15) is 0 Å². The van der Waals surface area contributed by atoms with Gasteiger partial charge in [0.1, 0.15) is 9.88 Å². The number of benzene rings is 2. The van der Waals surface area contributed by atoms with Crippen LogP contribution in [0.25, 0.3) is 0 Å². The summed E-state index contributed by atoms with van der Waals surface area (Å²) in [5.41, 5.74) is 13.8. The van der Waals surface area contributed by atoms with E-state index in [9.17, 15) is 9.59 Å². The largest absolute Gasteiger partial charge is 0.397 e. The first kappa shape index (κ1) is 19.4. The normalized spacial score (nSPS) is 10.6. The quantitative estimate of drug-likeness (QED) is 0.456. The Morgan fingerprint density at radius 2 is 1.81 bits per heavy atom. The summed E-state index contributed by atoms with van der Waals surface area (Å²) in [6, 6.07) is 12.3. The third-order valence-corrected chi connectivity index (χ3v) is 5.99. The maximum absolute atomic E-state index is 12.8. The first-order valence-corrected chi connectivity index (χ1v) is 9.82. The smallest absolute Gasteiger partial charge is 0.253 e. The third-order valence-electron chi connectivity index (χ3n) is 3.93. The Morgan fingerprint density at radius 3 is 2.41 bits per heavy atom. The molecule has 5 nitrogen and oxygen atoms in total. The Balaban J connectivity index is 2.03. The SMILES string of the molecule is Cc1ccc(Nc2sc(C(=O)c3ccc(Br)cc3)c(N)c2C(N)=O)cc1Cl. The van der Waals surface area contributed by atoms with Crippen LogP contribution in [-0.4, -0.2) is 11.7 Å². The number of carbonyl (C=O) groups is 2. The molecule has 0 atom stereocenters. The summed E-state index contributed by atoms with van der Waals surface area (Å²) >= 11 is 10.6. The number of nitrogens with one attached hydrogen (secondary N) is 1. The molecule has 0 aliphatic heterocycles. The van der Waals surface area contributed by atoms with Crippen molar-refractivity contribution in [3.8, 4) is 0 Å². The Kier molecular flexibility index (Phi) is 5.55. The van der Waals surface area contributed by atoms with Crippen LogP contribution in [0, 0.1) is 6.92 Å². The molecule has 0 radical (unpaired) electrons. The molecule has 0 saturated carbocycles. The number of hydrogen-bond donors (Lipinski definition) is 3. The van der Waals surface area contributed by atoms with E-state index >= 15 is 0 Å². The summed E-state index contributed by atoms with van der Waals surface area (Å²) in [5, 5.41) is 4.08. The molecule has 2 aromatic carbocycles. The fraction of sp³-hybridized carbons (Fsp3) is 0.0526. The van der Waals surface area contributed by atoms with Crippen LogP contribution in [0.15, 0.2) is 46.9 Å². The molecule has 27 heavy (non-hydrogen) atoms. The van der Waals surface area contributed by atoms with Gasteiger partial charge >= 0.3 is 0 Å². The minimum Gasteiger partial charge on any atom is -0.397 e. The summed E-state index contributed by atoms with van der Waals surface area (Å²) in [7, 11) is 0. The molecule has 0 aliphatic carbocycles. The molecule has 5 N–H and O–H groups in total. The van der Waals surface area contributed by atoms with Crippen molar-refractivity contribution in [1.82, 2.24) is 0 Å². The summed E-state index contributed by atoms with van der Waals surface area (Å²) < 4.78 is 0.856. The highest BCUT2D eigenvalue weighted by molar-refractivity contribution is 9.10. The van der Waals surface area contributed by atoms with E-state index in [1.54, 1.807) is 30.3 Å². The van der Waals surface area contributed by atoms with E-state index in [2.05, 4.69) is 21.2 Å². The monoisotopic (exact) mass is 463 g/mol. The Labute approximate surface area is 173 Å². The summed E-state index contributed by atoms with van der Waals surface area (Å²) in [6.07, 6.45) is 0. The number of primary amides is 1. The number of ketones is 1. The molecule has 0 unspecified atom stereocenters. The molecule has 3 aromatic rings. The molecular weight excluding hydrogens is 450 g/mol. The van der Waals surface area contributed by atoms with E-state index in [0.717, 1.165) is 21.4 Å². The minimum atomic E-state index is -0.709. The van der Waals surface area contributed by atoms with Gasteiger partial charge < -0.3 is 16.8 Å². The van der Waals surface area contributed by atoms with E-state index in [0.29, 0.717) is 21.3 Å². The molecule has 0 fully saturated rings. The summed E-state index contributed by atoms with van der Waals surface area (Å²) in [4.78, 5) is 25.0. The van der Waals surface area contributed by atoms with Crippen molar-refractivity contribution in [2.45, 2.75) is 6.92 Å². The summed E-state index contributed by atoms with van der Waals surface area (Å²) in [6.45, 7) is 1.89. The number of halogens is 2. The number of hydrogen-bond acceptors (Lipinski definition) is 5. The van der Waals surface area contributed by atoms with Crippen molar-refractivity contribution in [1.29, 1.82) is 0 Å². The van der Waals surface area contributed by atoms with Gasteiger partial charge in [-0.3, -0.25) is 9.59 Å². The van der Waals surface area contributed by atoms with Crippen LogP contribution in [0.3, 0.4) is 0 Å². The first-order valence-electron chi connectivity index (χ1n) is 7.83. The predicted octanol–water partition coefficient (Wildman–Crippen LogP) is 5.13. The van der Waals surface area contributed by atoms with E-state index in [1.807, 2.05) is 19.1 Å². The highest BCUT2D eigenvalue weighted by atomic mass is 79.9. The number of anilines is 3. The van der Waals surface area contributed by atoms with Gasteiger partial charge in [-0.25, -0.2) is 0 Å². The average Bonchev–Trinajstić information content (AvgIpc) is 2.94. The molecule has 0 aliphatic rings. The van der Waals surface area contributed by atoms with E-state index in [-0.39, 0.29) is 21.9 Å². The Bertz CT molecular complexity index is 1050. The number of carbonyl (C=O) groups excluding carboxylic acids is 2. The lowest BCUT2D eigenvalue weighted by atomic mass is 10.1. The zero-order valence-corrected chi connectivity index (χ0v) is 17.3. The van der Waals surface area contributed by atoms with E-state index in [4.69, 9.17) is 23.1 Å². The van der Waals surface area contributed by atoms with Gasteiger partial charge in [-0.1, -0.05) is 33.6 Å². The molecule has 1 aromatic heterocycles. The van der Waals surface area contributed by atoms with Gasteiger partial charge in [-0.05, 0) is 48.9 Å². The number of nitrogens with two attached hydrogens (primary N) is 2. The third kappa shape index (κ3) is 4.00. The molecule has 1 heterocycles. The molecular formula is C19H15BrClN3O2S. The standard InChI is InChI=1S/C19H15BrClN3O2S/c1-9-2-7-12(8-13(9)21)24-19-14(18(23)26)15(22)17(27-19)16(25)10-3-5-11(20)6-4-10/h2-8,24H,22H2,1H3,(H2,23,26). The topological polar surface area (TPSA) is 98.2 Å². The second-order valence-corrected chi connectivity index (χ2v) is 8.18. The number of amides is 1. The van der Waals surface area contributed by atoms with Crippen molar-refractivity contribution in [2.24, 2.45) is 5.73 Å².